The number of aromatic carboxylic acids is 1. The lowest BCUT2D eigenvalue weighted by molar-refractivity contribution is 0.0697. The fourth-order valence-electron chi connectivity index (χ4n) is 1.99. The van der Waals surface area contributed by atoms with Crippen LogP contribution in [0, 0.1) is 0 Å². The van der Waals surface area contributed by atoms with E-state index < -0.39 is 5.97 Å². The van der Waals surface area contributed by atoms with Crippen LogP contribution in [0.5, 0.6) is 11.5 Å². The molecule has 0 radical (unpaired) electrons. The Morgan fingerprint density at radius 2 is 1.90 bits per heavy atom. The molecule has 2 aromatic rings. The van der Waals surface area contributed by atoms with Gasteiger partial charge in [-0.2, -0.15) is 0 Å². The molecule has 0 fully saturated rings. The second-order valence-corrected chi connectivity index (χ2v) is 4.46. The Hall–Kier alpha value is -2.50. The van der Waals surface area contributed by atoms with Crippen LogP contribution in [0.2, 0.25) is 0 Å². The van der Waals surface area contributed by atoms with Crippen LogP contribution in [0.1, 0.15) is 10.4 Å². The highest BCUT2D eigenvalue weighted by Crippen LogP contribution is 2.32. The molecule has 1 heterocycles. The first-order valence-electron chi connectivity index (χ1n) is 5.95. The van der Waals surface area contributed by atoms with E-state index in [0.29, 0.717) is 28.2 Å². The highest BCUT2D eigenvalue weighted by atomic mass is 16.5. The lowest BCUT2D eigenvalue weighted by Crippen LogP contribution is -2.16. The van der Waals surface area contributed by atoms with Crippen molar-refractivity contribution in [1.29, 1.82) is 0 Å². The molecule has 0 aliphatic carbocycles. The molecule has 106 valence electrons. The third kappa shape index (κ3) is 2.32. The minimum atomic E-state index is -1.02. The number of anilines is 1. The molecule has 0 aliphatic rings. The van der Waals surface area contributed by atoms with E-state index in [1.807, 2.05) is 0 Å². The first-order valence-corrected chi connectivity index (χ1v) is 5.95. The second-order valence-electron chi connectivity index (χ2n) is 4.46. The Morgan fingerprint density at radius 1 is 1.20 bits per heavy atom. The number of fused-ring (bicyclic) bond motifs is 1. The maximum absolute atomic E-state index is 11.3. The summed E-state index contributed by atoms with van der Waals surface area (Å²) >= 11 is 0. The van der Waals surface area contributed by atoms with Crippen molar-refractivity contribution in [3.63, 3.8) is 0 Å². The maximum atomic E-state index is 11.3. The number of methoxy groups -OCH3 is 2. The van der Waals surface area contributed by atoms with E-state index in [-0.39, 0.29) is 5.56 Å². The van der Waals surface area contributed by atoms with Gasteiger partial charge in [-0.25, -0.2) is 9.78 Å². The van der Waals surface area contributed by atoms with Crippen LogP contribution in [0.4, 0.5) is 5.82 Å². The van der Waals surface area contributed by atoms with Crippen LogP contribution >= 0.6 is 0 Å². The van der Waals surface area contributed by atoms with E-state index in [9.17, 15) is 9.90 Å². The van der Waals surface area contributed by atoms with Crippen molar-refractivity contribution in [1.82, 2.24) is 4.98 Å². The summed E-state index contributed by atoms with van der Waals surface area (Å²) in [5, 5.41) is 9.95. The average molecular weight is 276 g/mol. The molecule has 0 bridgehead atoms. The van der Waals surface area contributed by atoms with E-state index in [1.165, 1.54) is 7.11 Å². The summed E-state index contributed by atoms with van der Waals surface area (Å²) in [6.45, 7) is 0. The van der Waals surface area contributed by atoms with Crippen LogP contribution in [0.25, 0.3) is 10.9 Å². The van der Waals surface area contributed by atoms with Crippen molar-refractivity contribution >= 4 is 22.7 Å². The number of nitrogens with zero attached hydrogens (tertiary/aromatic N) is 2. The number of aromatic nitrogens is 1. The third-order valence-electron chi connectivity index (χ3n) is 2.95. The van der Waals surface area contributed by atoms with E-state index >= 15 is 0 Å². The van der Waals surface area contributed by atoms with Gasteiger partial charge in [-0.3, -0.25) is 0 Å². The third-order valence-corrected chi connectivity index (χ3v) is 2.95. The minimum Gasteiger partial charge on any atom is -0.497 e. The fraction of sp³-hybridized carbons (Fsp3) is 0.286. The smallest absolute Gasteiger partial charge is 0.339 e. The standard InChI is InChI=1S/C14H16N2O4/c1-16(2)13-10(14(17)18)6-8-5-9(19-3)7-11(20-4)12(8)15-13/h5-7H,1-4H3,(H,17,18). The monoisotopic (exact) mass is 276 g/mol. The van der Waals surface area contributed by atoms with Crippen LogP contribution < -0.4 is 14.4 Å². The average Bonchev–Trinajstić information content (AvgIpc) is 2.44. The molecular weight excluding hydrogens is 260 g/mol. The van der Waals surface area contributed by atoms with Crippen molar-refractivity contribution in [3.05, 3.63) is 23.8 Å². The normalized spacial score (nSPS) is 10.4. The lowest BCUT2D eigenvalue weighted by atomic mass is 10.1. The summed E-state index contributed by atoms with van der Waals surface area (Å²) in [5.74, 6) is 0.489. The van der Waals surface area contributed by atoms with Crippen LogP contribution in [0.3, 0.4) is 0 Å². The number of rotatable bonds is 4. The summed E-state index contributed by atoms with van der Waals surface area (Å²) < 4.78 is 10.5. The van der Waals surface area contributed by atoms with Gasteiger partial charge < -0.3 is 19.5 Å². The van der Waals surface area contributed by atoms with Crippen LogP contribution in [0.15, 0.2) is 18.2 Å². The topological polar surface area (TPSA) is 71.9 Å². The van der Waals surface area contributed by atoms with Gasteiger partial charge in [-0.05, 0) is 12.1 Å². The van der Waals surface area contributed by atoms with Gasteiger partial charge >= 0.3 is 5.97 Å². The first kappa shape index (κ1) is 13.9. The van der Waals surface area contributed by atoms with E-state index in [2.05, 4.69) is 4.98 Å². The molecule has 1 aromatic carbocycles. The highest BCUT2D eigenvalue weighted by Gasteiger charge is 2.17. The predicted octanol–water partition coefficient (Wildman–Crippen LogP) is 2.02. The number of pyridine rings is 1. The fourth-order valence-corrected chi connectivity index (χ4v) is 1.99. The van der Waals surface area contributed by atoms with Crippen molar-refractivity contribution in [2.24, 2.45) is 0 Å². The quantitative estimate of drug-likeness (QED) is 0.921. The zero-order chi connectivity index (χ0) is 14.9. The molecule has 0 atom stereocenters. The number of carboxylic acid groups (broad SMARTS) is 1. The summed E-state index contributed by atoms with van der Waals surface area (Å²) in [4.78, 5) is 17.4. The van der Waals surface area contributed by atoms with Gasteiger partial charge in [0.05, 0.1) is 14.2 Å². The Bertz CT molecular complexity index is 668. The summed E-state index contributed by atoms with van der Waals surface area (Å²) in [7, 11) is 6.57. The number of hydrogen-bond acceptors (Lipinski definition) is 5. The SMILES string of the molecule is COc1cc(OC)c2nc(N(C)C)c(C(=O)O)cc2c1. The van der Waals surface area contributed by atoms with E-state index in [4.69, 9.17) is 9.47 Å². The zero-order valence-electron chi connectivity index (χ0n) is 11.8. The number of benzene rings is 1. The van der Waals surface area contributed by atoms with Gasteiger partial charge in [-0.15, -0.1) is 0 Å². The Labute approximate surface area is 116 Å². The van der Waals surface area contributed by atoms with Crippen molar-refractivity contribution in [3.8, 4) is 11.5 Å². The van der Waals surface area contributed by atoms with E-state index in [1.54, 1.807) is 44.3 Å². The molecule has 1 N–H and O–H groups in total. The molecule has 0 saturated heterocycles. The molecule has 0 amide bonds. The molecule has 20 heavy (non-hydrogen) atoms. The van der Waals surface area contributed by atoms with Gasteiger partial charge in [0.25, 0.3) is 0 Å². The van der Waals surface area contributed by atoms with Gasteiger partial charge in [-0.1, -0.05) is 0 Å². The molecule has 0 spiro atoms. The number of carboxylic acids is 1. The molecule has 6 heteroatoms. The van der Waals surface area contributed by atoms with Crippen molar-refractivity contribution in [2.75, 3.05) is 33.2 Å². The molecule has 6 nitrogen and oxygen atoms in total. The predicted molar refractivity (Wildman–Crippen MR) is 76.1 cm³/mol. The number of carbonyl (C=O) groups is 1. The minimum absolute atomic E-state index is 0.137. The van der Waals surface area contributed by atoms with Crippen molar-refractivity contribution in [2.45, 2.75) is 0 Å². The summed E-state index contributed by atoms with van der Waals surface area (Å²) in [5.41, 5.74) is 0.736. The first-order chi connectivity index (χ1) is 9.47. The zero-order valence-corrected chi connectivity index (χ0v) is 11.8. The van der Waals surface area contributed by atoms with Gasteiger partial charge in [0.1, 0.15) is 28.4 Å². The molecular formula is C14H16N2O4. The Morgan fingerprint density at radius 3 is 2.40 bits per heavy atom. The summed E-state index contributed by atoms with van der Waals surface area (Å²) in [6.07, 6.45) is 0. The molecule has 0 saturated carbocycles. The molecule has 1 aromatic heterocycles. The lowest BCUT2D eigenvalue weighted by Gasteiger charge is -2.16. The molecule has 0 aliphatic heterocycles. The van der Waals surface area contributed by atoms with Gasteiger partial charge in [0.2, 0.25) is 0 Å². The molecule has 0 unspecified atom stereocenters. The number of ether oxygens (including phenoxy) is 2. The Kier molecular flexibility index (Phi) is 3.65. The van der Waals surface area contributed by atoms with E-state index in [0.717, 1.165) is 0 Å². The maximum Gasteiger partial charge on any atom is 0.339 e. The number of hydrogen-bond donors (Lipinski definition) is 1. The second kappa shape index (κ2) is 5.24. The molecule has 2 rings (SSSR count). The van der Waals surface area contributed by atoms with Gasteiger partial charge in [0.15, 0.2) is 0 Å². The largest absolute Gasteiger partial charge is 0.497 e. The highest BCUT2D eigenvalue weighted by molar-refractivity contribution is 5.99. The van der Waals surface area contributed by atoms with Gasteiger partial charge in [0, 0.05) is 25.5 Å². The van der Waals surface area contributed by atoms with Crippen molar-refractivity contribution < 1.29 is 19.4 Å². The summed E-state index contributed by atoms with van der Waals surface area (Å²) in [6, 6.07) is 5.02. The van der Waals surface area contributed by atoms with Crippen LogP contribution in [-0.4, -0.2) is 44.4 Å². The Balaban J connectivity index is 2.82. The van der Waals surface area contributed by atoms with Crippen LogP contribution in [-0.2, 0) is 0 Å².